The van der Waals surface area contributed by atoms with Gasteiger partial charge >= 0.3 is 12.1 Å². The molecule has 2 aromatic carbocycles. The Labute approximate surface area is 230 Å². The van der Waals surface area contributed by atoms with Crippen molar-refractivity contribution in [2.45, 2.75) is 61.8 Å². The maximum Gasteiger partial charge on any atom is 0.421 e. The van der Waals surface area contributed by atoms with E-state index in [2.05, 4.69) is 15.9 Å². The molecule has 198 valence electrons. The van der Waals surface area contributed by atoms with E-state index in [1.807, 2.05) is 30.3 Å². The molecule has 5 rings (SSSR count). The van der Waals surface area contributed by atoms with E-state index < -0.39 is 40.8 Å². The quantitative estimate of drug-likeness (QED) is 0.261. The van der Waals surface area contributed by atoms with E-state index in [1.165, 1.54) is 7.11 Å². The van der Waals surface area contributed by atoms with Crippen LogP contribution in [0, 0.1) is 5.92 Å². The van der Waals surface area contributed by atoms with Crippen molar-refractivity contribution in [2.75, 3.05) is 12.0 Å². The van der Waals surface area contributed by atoms with Gasteiger partial charge in [0.25, 0.3) is 5.91 Å². The number of nitrogens with zero attached hydrogens (tertiary/aromatic N) is 1. The number of benzene rings is 2. The highest BCUT2D eigenvalue weighted by Crippen LogP contribution is 2.60. The van der Waals surface area contributed by atoms with Crippen molar-refractivity contribution in [3.8, 4) is 0 Å². The lowest BCUT2D eigenvalue weighted by Gasteiger charge is -2.46. The summed E-state index contributed by atoms with van der Waals surface area (Å²) in [6.07, 6.45) is 0.805. The molecule has 1 spiro atoms. The standard InChI is InChI=1S/C30H30BrNO6/c1-29(2,3)38-28(36)32-22-13-9-8-12-21(22)30(27(32)35)24(17-10-6-5-7-11-17)23(26(34)37-4)19-15-14-18(31)16-20(19)25(30)33/h5-13,18,23-24H,14-16H2,1-4H3/t18?,23-,24+,30-/m0/s1. The molecule has 0 radical (unpaired) electrons. The average Bonchev–Trinajstić information content (AvgIpc) is 3.14. The van der Waals surface area contributed by atoms with Gasteiger partial charge in [-0.25, -0.2) is 9.69 Å². The second kappa shape index (κ2) is 9.49. The summed E-state index contributed by atoms with van der Waals surface area (Å²) in [6, 6.07) is 15.9. The highest BCUT2D eigenvalue weighted by atomic mass is 79.9. The lowest BCUT2D eigenvalue weighted by molar-refractivity contribution is -0.147. The zero-order chi connectivity index (χ0) is 27.4. The van der Waals surface area contributed by atoms with Gasteiger partial charge in [0.05, 0.1) is 18.7 Å². The molecule has 0 N–H and O–H groups in total. The third-order valence-electron chi connectivity index (χ3n) is 7.65. The Balaban J connectivity index is 1.84. The lowest BCUT2D eigenvalue weighted by Crippen LogP contribution is -2.58. The minimum absolute atomic E-state index is 0.0301. The SMILES string of the molecule is COC(=O)[C@H]1C2=C(CC(Br)CC2)C(=O)[C@@]2(C(=O)N(C(=O)OC(C)(C)C)c3ccccc32)[C@@H]1c1ccccc1. The Morgan fingerprint density at radius 3 is 2.34 bits per heavy atom. The van der Waals surface area contributed by atoms with Gasteiger partial charge in [-0.1, -0.05) is 64.5 Å². The van der Waals surface area contributed by atoms with Crippen molar-refractivity contribution in [1.29, 1.82) is 0 Å². The normalized spacial score (nSPS) is 26.8. The highest BCUT2D eigenvalue weighted by Gasteiger charge is 2.68. The van der Waals surface area contributed by atoms with Crippen LogP contribution < -0.4 is 4.90 Å². The number of imide groups is 1. The van der Waals surface area contributed by atoms with Crippen molar-refractivity contribution in [1.82, 2.24) is 0 Å². The minimum Gasteiger partial charge on any atom is -0.469 e. The number of carbonyl (C=O) groups excluding carboxylic acids is 4. The van der Waals surface area contributed by atoms with E-state index >= 15 is 0 Å². The maximum atomic E-state index is 14.8. The number of halogens is 1. The summed E-state index contributed by atoms with van der Waals surface area (Å²) in [4.78, 5) is 57.5. The number of amides is 2. The molecule has 3 aliphatic rings. The third kappa shape index (κ3) is 3.92. The number of fused-ring (bicyclic) bond motifs is 2. The number of methoxy groups -OCH3 is 1. The van der Waals surface area contributed by atoms with Gasteiger partial charge in [-0.15, -0.1) is 0 Å². The molecule has 2 aromatic rings. The van der Waals surface area contributed by atoms with E-state index in [1.54, 1.807) is 45.0 Å². The van der Waals surface area contributed by atoms with Crippen molar-refractivity contribution < 1.29 is 28.7 Å². The first-order chi connectivity index (χ1) is 18.0. The number of anilines is 1. The number of rotatable bonds is 2. The predicted molar refractivity (Wildman–Crippen MR) is 145 cm³/mol. The molecule has 38 heavy (non-hydrogen) atoms. The molecular formula is C30H30BrNO6. The number of allylic oxidation sites excluding steroid dienone is 1. The van der Waals surface area contributed by atoms with E-state index in [4.69, 9.17) is 9.47 Å². The van der Waals surface area contributed by atoms with Crippen molar-refractivity contribution in [3.05, 3.63) is 76.9 Å². The van der Waals surface area contributed by atoms with Gasteiger partial charge in [-0.2, -0.15) is 0 Å². The lowest BCUT2D eigenvalue weighted by atomic mass is 9.53. The number of esters is 1. The first-order valence-electron chi connectivity index (χ1n) is 12.7. The number of hydrogen-bond donors (Lipinski definition) is 0. The average molecular weight is 580 g/mol. The number of carbonyl (C=O) groups is 4. The van der Waals surface area contributed by atoms with E-state index in [-0.39, 0.29) is 10.6 Å². The Morgan fingerprint density at radius 1 is 1.03 bits per heavy atom. The van der Waals surface area contributed by atoms with Gasteiger partial charge in [0.2, 0.25) is 0 Å². The van der Waals surface area contributed by atoms with Crippen LogP contribution in [0.15, 0.2) is 65.7 Å². The highest BCUT2D eigenvalue weighted by molar-refractivity contribution is 9.09. The van der Waals surface area contributed by atoms with E-state index in [0.717, 1.165) is 16.9 Å². The van der Waals surface area contributed by atoms with Gasteiger partial charge in [-0.3, -0.25) is 14.4 Å². The van der Waals surface area contributed by atoms with E-state index in [0.29, 0.717) is 35.2 Å². The molecule has 4 atom stereocenters. The zero-order valence-electron chi connectivity index (χ0n) is 21.8. The molecule has 0 bridgehead atoms. The van der Waals surface area contributed by atoms with Crippen LogP contribution in [0.25, 0.3) is 0 Å². The minimum atomic E-state index is -1.84. The molecule has 1 aliphatic heterocycles. The van der Waals surface area contributed by atoms with Crippen LogP contribution in [-0.2, 0) is 29.3 Å². The molecule has 2 aliphatic carbocycles. The summed E-state index contributed by atoms with van der Waals surface area (Å²) in [6.45, 7) is 5.15. The van der Waals surface area contributed by atoms with Gasteiger partial charge in [-0.05, 0) is 62.8 Å². The summed E-state index contributed by atoms with van der Waals surface area (Å²) in [5.74, 6) is -3.36. The summed E-state index contributed by atoms with van der Waals surface area (Å²) in [5, 5.41) is 0. The van der Waals surface area contributed by atoms with Crippen LogP contribution in [0.1, 0.15) is 57.1 Å². The number of hydrogen-bond acceptors (Lipinski definition) is 6. The number of ether oxygens (including phenoxy) is 2. The molecule has 1 unspecified atom stereocenters. The molecule has 0 aromatic heterocycles. The van der Waals surface area contributed by atoms with Crippen molar-refractivity contribution in [3.63, 3.8) is 0 Å². The molecular weight excluding hydrogens is 550 g/mol. The maximum absolute atomic E-state index is 14.8. The second-order valence-electron chi connectivity index (χ2n) is 11.0. The van der Waals surface area contributed by atoms with Crippen LogP contribution in [0.2, 0.25) is 0 Å². The van der Waals surface area contributed by atoms with E-state index in [9.17, 15) is 19.2 Å². The molecule has 1 heterocycles. The number of Topliss-reactive ketones (excluding diaryl/α,β-unsaturated/α-hetero) is 1. The first-order valence-corrected chi connectivity index (χ1v) is 13.6. The summed E-state index contributed by atoms with van der Waals surface area (Å²) in [5.41, 5.74) is -0.178. The zero-order valence-corrected chi connectivity index (χ0v) is 23.4. The van der Waals surface area contributed by atoms with Gasteiger partial charge in [0.15, 0.2) is 5.78 Å². The Morgan fingerprint density at radius 2 is 1.68 bits per heavy atom. The fourth-order valence-electron chi connectivity index (χ4n) is 6.25. The Kier molecular flexibility index (Phi) is 6.58. The number of para-hydroxylation sites is 1. The summed E-state index contributed by atoms with van der Waals surface area (Å²) < 4.78 is 10.9. The van der Waals surface area contributed by atoms with Crippen LogP contribution in [0.3, 0.4) is 0 Å². The van der Waals surface area contributed by atoms with Gasteiger partial charge in [0, 0.05) is 16.3 Å². The molecule has 0 fully saturated rings. The second-order valence-corrected chi connectivity index (χ2v) is 12.3. The summed E-state index contributed by atoms with van der Waals surface area (Å²) in [7, 11) is 1.32. The first kappa shape index (κ1) is 26.4. The fourth-order valence-corrected chi connectivity index (χ4v) is 6.80. The van der Waals surface area contributed by atoms with Gasteiger partial charge in [0.1, 0.15) is 11.0 Å². The van der Waals surface area contributed by atoms with Crippen LogP contribution in [0.4, 0.5) is 10.5 Å². The van der Waals surface area contributed by atoms with Crippen LogP contribution in [0.5, 0.6) is 0 Å². The number of ketones is 1. The molecule has 0 saturated carbocycles. The van der Waals surface area contributed by atoms with Gasteiger partial charge < -0.3 is 9.47 Å². The molecule has 2 amide bonds. The fraction of sp³-hybridized carbons (Fsp3) is 0.400. The van der Waals surface area contributed by atoms with Crippen molar-refractivity contribution >= 4 is 45.4 Å². The van der Waals surface area contributed by atoms with Crippen molar-refractivity contribution in [2.24, 2.45) is 5.92 Å². The van der Waals surface area contributed by atoms with Crippen LogP contribution in [-0.4, -0.2) is 41.3 Å². The Hall–Kier alpha value is -3.26. The summed E-state index contributed by atoms with van der Waals surface area (Å²) >= 11 is 3.65. The molecule has 7 nitrogen and oxygen atoms in total. The topological polar surface area (TPSA) is 90.0 Å². The monoisotopic (exact) mass is 579 g/mol. The molecule has 8 heteroatoms. The largest absolute Gasteiger partial charge is 0.469 e. The van der Waals surface area contributed by atoms with Crippen LogP contribution >= 0.6 is 15.9 Å². The third-order valence-corrected chi connectivity index (χ3v) is 8.43. The molecule has 0 saturated heterocycles. The number of alkyl halides is 1. The predicted octanol–water partition coefficient (Wildman–Crippen LogP) is 5.61. The smallest absolute Gasteiger partial charge is 0.421 e. The Bertz CT molecular complexity index is 1360.